The van der Waals surface area contributed by atoms with E-state index in [-0.39, 0.29) is 0 Å². The highest BCUT2D eigenvalue weighted by atomic mass is 16.3. The Morgan fingerprint density at radius 2 is 2.05 bits per heavy atom. The minimum absolute atomic E-state index is 0.852. The molecule has 1 aromatic heterocycles. The number of furan rings is 1. The quantitative estimate of drug-likeness (QED) is 0.767. The Balaban J connectivity index is 1.49. The molecule has 0 aromatic carbocycles. The van der Waals surface area contributed by atoms with Gasteiger partial charge in [-0.2, -0.15) is 0 Å². The fraction of sp³-hybridized carbons (Fsp3) is 0.750. The molecular weight excluding hydrogens is 236 g/mol. The molecule has 2 unspecified atom stereocenters. The normalized spacial score (nSPS) is 24.7. The summed E-state index contributed by atoms with van der Waals surface area (Å²) in [6.45, 7) is 10.6. The lowest BCUT2D eigenvalue weighted by Crippen LogP contribution is -2.39. The van der Waals surface area contributed by atoms with E-state index in [0.29, 0.717) is 0 Å². The first-order chi connectivity index (χ1) is 9.24. The zero-order valence-electron chi connectivity index (χ0n) is 12.4. The Hall–Kier alpha value is -0.800. The molecule has 1 fully saturated rings. The lowest BCUT2D eigenvalue weighted by atomic mass is 9.92. The summed E-state index contributed by atoms with van der Waals surface area (Å²) in [5.41, 5.74) is 0. The molecule has 1 aromatic rings. The first kappa shape index (κ1) is 14.6. The monoisotopic (exact) mass is 264 g/mol. The zero-order valence-corrected chi connectivity index (χ0v) is 12.4. The van der Waals surface area contributed by atoms with Gasteiger partial charge in [-0.3, -0.25) is 0 Å². The van der Waals surface area contributed by atoms with Crippen molar-refractivity contribution in [2.24, 2.45) is 11.8 Å². The zero-order chi connectivity index (χ0) is 13.5. The van der Waals surface area contributed by atoms with Gasteiger partial charge in [-0.25, -0.2) is 0 Å². The van der Waals surface area contributed by atoms with Crippen molar-refractivity contribution < 1.29 is 4.42 Å². The largest absolute Gasteiger partial charge is 0.468 e. The van der Waals surface area contributed by atoms with E-state index in [2.05, 4.69) is 24.1 Å². The van der Waals surface area contributed by atoms with E-state index in [1.54, 1.807) is 6.26 Å². The Morgan fingerprint density at radius 3 is 2.74 bits per heavy atom. The summed E-state index contributed by atoms with van der Waals surface area (Å²) in [6, 6.07) is 3.96. The molecule has 1 aliphatic rings. The molecule has 0 amide bonds. The number of nitrogens with zero attached hydrogens (tertiary/aromatic N) is 1. The van der Waals surface area contributed by atoms with Gasteiger partial charge in [0, 0.05) is 13.1 Å². The summed E-state index contributed by atoms with van der Waals surface area (Å²) in [5, 5.41) is 3.43. The van der Waals surface area contributed by atoms with Gasteiger partial charge in [-0.05, 0) is 56.3 Å². The highest BCUT2D eigenvalue weighted by Crippen LogP contribution is 2.20. The van der Waals surface area contributed by atoms with Crippen LogP contribution in [0.25, 0.3) is 0 Å². The van der Waals surface area contributed by atoms with Gasteiger partial charge in [0.1, 0.15) is 5.76 Å². The minimum Gasteiger partial charge on any atom is -0.468 e. The first-order valence-electron chi connectivity index (χ1n) is 7.69. The van der Waals surface area contributed by atoms with E-state index in [0.717, 1.165) is 30.7 Å². The lowest BCUT2D eigenvalue weighted by molar-refractivity contribution is 0.139. The van der Waals surface area contributed by atoms with Crippen LogP contribution in [0.3, 0.4) is 0 Å². The topological polar surface area (TPSA) is 28.4 Å². The number of nitrogens with one attached hydrogen (secondary N) is 1. The maximum atomic E-state index is 5.29. The molecule has 0 radical (unpaired) electrons. The number of likely N-dealkylation sites (tertiary alicyclic amines) is 1. The van der Waals surface area contributed by atoms with Gasteiger partial charge < -0.3 is 14.6 Å². The van der Waals surface area contributed by atoms with Gasteiger partial charge in [-0.1, -0.05) is 13.8 Å². The molecule has 1 N–H and O–H groups in total. The Labute approximate surface area is 117 Å². The van der Waals surface area contributed by atoms with Crippen molar-refractivity contribution in [3.8, 4) is 0 Å². The van der Waals surface area contributed by atoms with Crippen molar-refractivity contribution >= 4 is 0 Å². The molecule has 0 saturated carbocycles. The van der Waals surface area contributed by atoms with Crippen molar-refractivity contribution in [3.63, 3.8) is 0 Å². The van der Waals surface area contributed by atoms with Gasteiger partial charge in [-0.15, -0.1) is 0 Å². The lowest BCUT2D eigenvalue weighted by Gasteiger charge is -2.34. The van der Waals surface area contributed by atoms with E-state index in [4.69, 9.17) is 4.42 Å². The molecular formula is C16H28N2O. The predicted molar refractivity (Wildman–Crippen MR) is 79.0 cm³/mol. The minimum atomic E-state index is 0.852. The fourth-order valence-electron chi connectivity index (χ4n) is 3.18. The number of hydrogen-bond donors (Lipinski definition) is 1. The molecule has 3 heteroatoms. The van der Waals surface area contributed by atoms with Crippen LogP contribution in [-0.4, -0.2) is 31.1 Å². The molecule has 19 heavy (non-hydrogen) atoms. The maximum absolute atomic E-state index is 5.29. The molecule has 2 atom stereocenters. The van der Waals surface area contributed by atoms with Gasteiger partial charge in [0.2, 0.25) is 0 Å². The number of hydrogen-bond acceptors (Lipinski definition) is 3. The second-order valence-electron chi connectivity index (χ2n) is 6.17. The van der Waals surface area contributed by atoms with Crippen LogP contribution in [0.5, 0.6) is 0 Å². The molecule has 108 valence electrons. The van der Waals surface area contributed by atoms with Crippen LogP contribution in [0, 0.1) is 11.8 Å². The van der Waals surface area contributed by atoms with Crippen LogP contribution in [0.1, 0.15) is 38.9 Å². The van der Waals surface area contributed by atoms with Crippen LogP contribution in [-0.2, 0) is 6.54 Å². The predicted octanol–water partition coefficient (Wildman–Crippen LogP) is 3.13. The SMILES string of the molecule is CC1CC(C)CN(CCCCNCc2ccco2)C1. The first-order valence-corrected chi connectivity index (χ1v) is 7.69. The van der Waals surface area contributed by atoms with E-state index in [9.17, 15) is 0 Å². The van der Waals surface area contributed by atoms with Crippen molar-refractivity contribution in [1.82, 2.24) is 10.2 Å². The molecule has 1 aliphatic heterocycles. The average molecular weight is 264 g/mol. The molecule has 2 heterocycles. The van der Waals surface area contributed by atoms with Crippen LogP contribution in [0.4, 0.5) is 0 Å². The van der Waals surface area contributed by atoms with E-state index in [1.165, 1.54) is 38.9 Å². The molecule has 0 spiro atoms. The van der Waals surface area contributed by atoms with Crippen LogP contribution in [0.15, 0.2) is 22.8 Å². The standard InChI is InChI=1S/C16H28N2O/c1-14-10-15(2)13-18(12-14)8-4-3-7-17-11-16-6-5-9-19-16/h5-6,9,14-15,17H,3-4,7-8,10-13H2,1-2H3. The molecule has 0 bridgehead atoms. The van der Waals surface area contributed by atoms with Crippen molar-refractivity contribution in [3.05, 3.63) is 24.2 Å². The number of piperidine rings is 1. The Kier molecular flexibility index (Phi) is 5.93. The van der Waals surface area contributed by atoms with E-state index in [1.807, 2.05) is 12.1 Å². The van der Waals surface area contributed by atoms with Gasteiger partial charge in [0.15, 0.2) is 0 Å². The summed E-state index contributed by atoms with van der Waals surface area (Å²) < 4.78 is 5.29. The highest BCUT2D eigenvalue weighted by Gasteiger charge is 2.20. The summed E-state index contributed by atoms with van der Waals surface area (Å²) in [5.74, 6) is 2.78. The molecule has 3 nitrogen and oxygen atoms in total. The Bertz CT molecular complexity index is 327. The van der Waals surface area contributed by atoms with E-state index >= 15 is 0 Å². The van der Waals surface area contributed by atoms with E-state index < -0.39 is 0 Å². The summed E-state index contributed by atoms with van der Waals surface area (Å²) in [6.07, 6.45) is 5.68. The van der Waals surface area contributed by atoms with Crippen LogP contribution < -0.4 is 5.32 Å². The van der Waals surface area contributed by atoms with Crippen LogP contribution in [0.2, 0.25) is 0 Å². The summed E-state index contributed by atoms with van der Waals surface area (Å²) in [4.78, 5) is 2.64. The fourth-order valence-corrected chi connectivity index (χ4v) is 3.18. The van der Waals surface area contributed by atoms with Gasteiger partial charge in [0.25, 0.3) is 0 Å². The second-order valence-corrected chi connectivity index (χ2v) is 6.17. The summed E-state index contributed by atoms with van der Waals surface area (Å²) in [7, 11) is 0. The van der Waals surface area contributed by atoms with Crippen molar-refractivity contribution in [2.75, 3.05) is 26.2 Å². The van der Waals surface area contributed by atoms with Crippen molar-refractivity contribution in [1.29, 1.82) is 0 Å². The van der Waals surface area contributed by atoms with Gasteiger partial charge in [0.05, 0.1) is 12.8 Å². The van der Waals surface area contributed by atoms with Crippen LogP contribution >= 0.6 is 0 Å². The third-order valence-corrected chi connectivity index (χ3v) is 3.90. The molecule has 2 rings (SSSR count). The molecule has 0 aliphatic carbocycles. The third-order valence-electron chi connectivity index (χ3n) is 3.90. The van der Waals surface area contributed by atoms with Crippen molar-refractivity contribution in [2.45, 2.75) is 39.7 Å². The second kappa shape index (κ2) is 7.71. The average Bonchev–Trinajstić information content (AvgIpc) is 2.85. The maximum Gasteiger partial charge on any atom is 0.117 e. The van der Waals surface area contributed by atoms with Gasteiger partial charge >= 0.3 is 0 Å². The highest BCUT2D eigenvalue weighted by molar-refractivity contribution is 4.97. The molecule has 1 saturated heterocycles. The summed E-state index contributed by atoms with van der Waals surface area (Å²) >= 11 is 0. The Morgan fingerprint density at radius 1 is 1.26 bits per heavy atom. The number of rotatable bonds is 7. The number of unbranched alkanes of at least 4 members (excludes halogenated alkanes) is 1. The third kappa shape index (κ3) is 5.37. The smallest absolute Gasteiger partial charge is 0.117 e.